The van der Waals surface area contributed by atoms with Crippen molar-refractivity contribution in [3.63, 3.8) is 0 Å². The second kappa shape index (κ2) is 6.18. The number of rotatable bonds is 5. The summed E-state index contributed by atoms with van der Waals surface area (Å²) in [6.45, 7) is 7.08. The molecule has 1 fully saturated rings. The highest BCUT2D eigenvalue weighted by molar-refractivity contribution is 5.75. The Bertz CT molecular complexity index is 598. The van der Waals surface area contributed by atoms with Gasteiger partial charge in [0.2, 0.25) is 0 Å². The normalized spacial score (nSPS) is 19.9. The van der Waals surface area contributed by atoms with Crippen LogP contribution < -0.4 is 0 Å². The summed E-state index contributed by atoms with van der Waals surface area (Å²) < 4.78 is 2.30. The van der Waals surface area contributed by atoms with Gasteiger partial charge in [-0.05, 0) is 37.4 Å². The molecule has 0 bridgehead atoms. The van der Waals surface area contributed by atoms with Gasteiger partial charge in [0, 0.05) is 13.6 Å². The van der Waals surface area contributed by atoms with Crippen molar-refractivity contribution in [2.75, 3.05) is 13.1 Å². The first-order valence-corrected chi connectivity index (χ1v) is 8.40. The van der Waals surface area contributed by atoms with Crippen LogP contribution in [-0.2, 0) is 7.05 Å². The van der Waals surface area contributed by atoms with Gasteiger partial charge in [0.05, 0.1) is 17.1 Å². The summed E-state index contributed by atoms with van der Waals surface area (Å²) >= 11 is 0. The van der Waals surface area contributed by atoms with Crippen molar-refractivity contribution < 1.29 is 0 Å². The highest BCUT2D eigenvalue weighted by Gasteiger charge is 2.30. The molecule has 3 nitrogen and oxygen atoms in total. The SMILES string of the molecule is CCC(CC)CN1CCC[C@@H]1c1nc2ccccc2n1C. The minimum atomic E-state index is 0.503. The molecule has 0 aliphatic carbocycles. The predicted molar refractivity (Wildman–Crippen MR) is 88.3 cm³/mol. The van der Waals surface area contributed by atoms with Crippen LogP contribution in [0.15, 0.2) is 24.3 Å². The third kappa shape index (κ3) is 2.71. The van der Waals surface area contributed by atoms with Crippen molar-refractivity contribution in [2.24, 2.45) is 13.0 Å². The van der Waals surface area contributed by atoms with Crippen LogP contribution in [0.2, 0.25) is 0 Å². The molecule has 114 valence electrons. The van der Waals surface area contributed by atoms with Gasteiger partial charge in [-0.1, -0.05) is 38.8 Å². The Morgan fingerprint density at radius 3 is 2.71 bits per heavy atom. The van der Waals surface area contributed by atoms with Crippen molar-refractivity contribution in [3.05, 3.63) is 30.1 Å². The van der Waals surface area contributed by atoms with Crippen molar-refractivity contribution in [2.45, 2.75) is 45.6 Å². The fourth-order valence-corrected chi connectivity index (χ4v) is 3.68. The van der Waals surface area contributed by atoms with Gasteiger partial charge >= 0.3 is 0 Å². The molecule has 2 heterocycles. The molecule has 0 spiro atoms. The zero-order valence-corrected chi connectivity index (χ0v) is 13.5. The number of fused-ring (bicyclic) bond motifs is 1. The number of para-hydroxylation sites is 2. The molecule has 2 aromatic rings. The maximum absolute atomic E-state index is 4.92. The van der Waals surface area contributed by atoms with Gasteiger partial charge in [-0.15, -0.1) is 0 Å². The predicted octanol–water partition coefficient (Wildman–Crippen LogP) is 4.15. The van der Waals surface area contributed by atoms with E-state index in [0.717, 1.165) is 11.4 Å². The molecule has 0 amide bonds. The largest absolute Gasteiger partial charge is 0.330 e. The number of hydrogen-bond donors (Lipinski definition) is 0. The zero-order valence-electron chi connectivity index (χ0n) is 13.5. The van der Waals surface area contributed by atoms with E-state index in [1.54, 1.807) is 0 Å². The van der Waals surface area contributed by atoms with Crippen LogP contribution in [-0.4, -0.2) is 27.5 Å². The van der Waals surface area contributed by atoms with E-state index in [4.69, 9.17) is 4.98 Å². The molecule has 1 aliphatic heterocycles. The number of hydrogen-bond acceptors (Lipinski definition) is 2. The first-order chi connectivity index (χ1) is 10.2. The molecule has 1 atom stereocenters. The zero-order chi connectivity index (χ0) is 14.8. The van der Waals surface area contributed by atoms with Gasteiger partial charge in [0.25, 0.3) is 0 Å². The van der Waals surface area contributed by atoms with Crippen LogP contribution in [0.3, 0.4) is 0 Å². The highest BCUT2D eigenvalue weighted by atomic mass is 15.2. The van der Waals surface area contributed by atoms with Crippen molar-refractivity contribution in [3.8, 4) is 0 Å². The molecule has 21 heavy (non-hydrogen) atoms. The molecule has 1 aromatic heterocycles. The summed E-state index contributed by atoms with van der Waals surface area (Å²) in [4.78, 5) is 7.59. The Morgan fingerprint density at radius 2 is 2.00 bits per heavy atom. The van der Waals surface area contributed by atoms with E-state index in [9.17, 15) is 0 Å². The van der Waals surface area contributed by atoms with Crippen LogP contribution >= 0.6 is 0 Å². The summed E-state index contributed by atoms with van der Waals surface area (Å²) in [6.07, 6.45) is 5.11. The molecular formula is C18H27N3. The van der Waals surface area contributed by atoms with E-state index in [1.807, 2.05) is 0 Å². The topological polar surface area (TPSA) is 21.1 Å². The number of benzene rings is 1. The third-order valence-electron chi connectivity index (χ3n) is 5.13. The van der Waals surface area contributed by atoms with E-state index >= 15 is 0 Å². The van der Waals surface area contributed by atoms with Gasteiger partial charge in [-0.25, -0.2) is 4.98 Å². The molecular weight excluding hydrogens is 258 g/mol. The lowest BCUT2D eigenvalue weighted by Gasteiger charge is -2.27. The average Bonchev–Trinajstić information content (AvgIpc) is 3.09. The van der Waals surface area contributed by atoms with Crippen LogP contribution in [0.4, 0.5) is 0 Å². The van der Waals surface area contributed by atoms with Crippen LogP contribution in [0.25, 0.3) is 11.0 Å². The van der Waals surface area contributed by atoms with E-state index in [1.165, 1.54) is 50.1 Å². The molecule has 0 radical (unpaired) electrons. The van der Waals surface area contributed by atoms with Gasteiger partial charge in [0.15, 0.2) is 0 Å². The fourth-order valence-electron chi connectivity index (χ4n) is 3.68. The number of likely N-dealkylation sites (tertiary alicyclic amines) is 1. The summed E-state index contributed by atoms with van der Waals surface area (Å²) in [7, 11) is 2.16. The Morgan fingerprint density at radius 1 is 1.24 bits per heavy atom. The number of imidazole rings is 1. The lowest BCUT2D eigenvalue weighted by molar-refractivity contribution is 0.201. The monoisotopic (exact) mass is 285 g/mol. The molecule has 3 rings (SSSR count). The minimum Gasteiger partial charge on any atom is -0.330 e. The maximum atomic E-state index is 4.92. The molecule has 0 N–H and O–H groups in total. The third-order valence-corrected chi connectivity index (χ3v) is 5.13. The second-order valence-electron chi connectivity index (χ2n) is 6.35. The second-order valence-corrected chi connectivity index (χ2v) is 6.35. The van der Waals surface area contributed by atoms with Crippen LogP contribution in [0, 0.1) is 5.92 Å². The Hall–Kier alpha value is -1.35. The maximum Gasteiger partial charge on any atom is 0.127 e. The lowest BCUT2D eigenvalue weighted by Crippen LogP contribution is -2.30. The van der Waals surface area contributed by atoms with E-state index in [-0.39, 0.29) is 0 Å². The van der Waals surface area contributed by atoms with Gasteiger partial charge in [-0.3, -0.25) is 4.90 Å². The minimum absolute atomic E-state index is 0.503. The molecule has 1 saturated heterocycles. The summed E-state index contributed by atoms with van der Waals surface area (Å²) in [5.41, 5.74) is 2.38. The summed E-state index contributed by atoms with van der Waals surface area (Å²) in [6, 6.07) is 8.98. The van der Waals surface area contributed by atoms with E-state index in [2.05, 4.69) is 54.6 Å². The van der Waals surface area contributed by atoms with Crippen molar-refractivity contribution in [1.29, 1.82) is 0 Å². The number of aromatic nitrogens is 2. The quantitative estimate of drug-likeness (QED) is 0.823. The smallest absolute Gasteiger partial charge is 0.127 e. The molecule has 1 aromatic carbocycles. The Kier molecular flexibility index (Phi) is 4.29. The highest BCUT2D eigenvalue weighted by Crippen LogP contribution is 2.33. The lowest BCUT2D eigenvalue weighted by atomic mass is 10.0. The fraction of sp³-hybridized carbons (Fsp3) is 0.611. The van der Waals surface area contributed by atoms with E-state index in [0.29, 0.717) is 6.04 Å². The first kappa shape index (κ1) is 14.6. The van der Waals surface area contributed by atoms with Crippen molar-refractivity contribution in [1.82, 2.24) is 14.5 Å². The van der Waals surface area contributed by atoms with E-state index < -0.39 is 0 Å². The number of nitrogens with zero attached hydrogens (tertiary/aromatic N) is 3. The number of aryl methyl sites for hydroxylation is 1. The van der Waals surface area contributed by atoms with Gasteiger partial charge < -0.3 is 4.57 Å². The molecule has 0 saturated carbocycles. The van der Waals surface area contributed by atoms with Gasteiger partial charge in [-0.2, -0.15) is 0 Å². The molecule has 1 aliphatic rings. The average molecular weight is 285 g/mol. The summed E-state index contributed by atoms with van der Waals surface area (Å²) in [5.74, 6) is 2.07. The Labute approximate surface area is 128 Å². The molecule has 3 heteroatoms. The molecule has 0 unspecified atom stereocenters. The van der Waals surface area contributed by atoms with Crippen LogP contribution in [0.5, 0.6) is 0 Å². The summed E-state index contributed by atoms with van der Waals surface area (Å²) in [5, 5.41) is 0. The standard InChI is InChI=1S/C18H27N3/c1-4-14(5-2)13-21-12-8-11-17(21)18-19-15-9-6-7-10-16(15)20(18)3/h6-7,9-10,14,17H,4-5,8,11-13H2,1-3H3/t17-/m1/s1. The van der Waals surface area contributed by atoms with Crippen molar-refractivity contribution >= 4 is 11.0 Å². The van der Waals surface area contributed by atoms with Gasteiger partial charge in [0.1, 0.15) is 5.82 Å². The first-order valence-electron chi connectivity index (χ1n) is 8.40. The Balaban J connectivity index is 1.88. The van der Waals surface area contributed by atoms with Crippen LogP contribution in [0.1, 0.15) is 51.4 Å².